The molecule has 1 fully saturated rings. The molecule has 1 unspecified atom stereocenters. The van der Waals surface area contributed by atoms with Crippen molar-refractivity contribution < 1.29 is 9.59 Å². The van der Waals surface area contributed by atoms with Crippen molar-refractivity contribution in [2.75, 3.05) is 19.6 Å². The highest BCUT2D eigenvalue weighted by atomic mass is 79.9. The van der Waals surface area contributed by atoms with Crippen LogP contribution in [0.1, 0.15) is 35.2 Å². The minimum absolute atomic E-state index is 0.00780. The molecule has 0 aliphatic carbocycles. The molecular weight excluding hydrogens is 502 g/mol. The third kappa shape index (κ3) is 3.50. The van der Waals surface area contributed by atoms with E-state index < -0.39 is 5.54 Å². The van der Waals surface area contributed by atoms with Gasteiger partial charge in [0.2, 0.25) is 5.91 Å². The Morgan fingerprint density at radius 1 is 0.971 bits per heavy atom. The molecule has 0 radical (unpaired) electrons. The molecule has 176 valence electrons. The number of halogens is 1. The van der Waals surface area contributed by atoms with Crippen molar-refractivity contribution >= 4 is 38.6 Å². The quantitative estimate of drug-likeness (QED) is 0.396. The SMILES string of the molecule is C[C@]12C(=O)N(CCc3ccccc3)CC(=O)N1CC(c1ccc(Br)cc1)c1c2[nH]c2ccccc12. The molecule has 2 aliphatic heterocycles. The summed E-state index contributed by atoms with van der Waals surface area (Å²) in [5.74, 6) is -0.0448. The Hall–Kier alpha value is -3.38. The zero-order valence-electron chi connectivity index (χ0n) is 19.5. The number of amides is 2. The Labute approximate surface area is 212 Å². The molecule has 2 amide bonds. The van der Waals surface area contributed by atoms with E-state index in [9.17, 15) is 9.59 Å². The third-order valence-corrected chi connectivity index (χ3v) is 8.13. The van der Waals surface area contributed by atoms with E-state index in [1.165, 1.54) is 0 Å². The molecule has 1 saturated heterocycles. The lowest BCUT2D eigenvalue weighted by atomic mass is 9.76. The highest BCUT2D eigenvalue weighted by Gasteiger charge is 2.56. The summed E-state index contributed by atoms with van der Waals surface area (Å²) < 4.78 is 1.01. The summed E-state index contributed by atoms with van der Waals surface area (Å²) in [6, 6.07) is 26.6. The van der Waals surface area contributed by atoms with Gasteiger partial charge in [-0.3, -0.25) is 9.59 Å². The van der Waals surface area contributed by atoms with Crippen molar-refractivity contribution in [1.82, 2.24) is 14.8 Å². The number of benzene rings is 3. The van der Waals surface area contributed by atoms with Crippen molar-refractivity contribution in [3.05, 3.63) is 106 Å². The lowest BCUT2D eigenvalue weighted by molar-refractivity contribution is -0.166. The highest BCUT2D eigenvalue weighted by Crippen LogP contribution is 2.48. The Bertz CT molecular complexity index is 1430. The zero-order valence-corrected chi connectivity index (χ0v) is 21.1. The summed E-state index contributed by atoms with van der Waals surface area (Å²) in [5.41, 5.74) is 4.17. The molecule has 4 aromatic rings. The van der Waals surface area contributed by atoms with E-state index in [0.29, 0.717) is 13.1 Å². The number of aromatic nitrogens is 1. The molecule has 3 aromatic carbocycles. The first-order valence-electron chi connectivity index (χ1n) is 12.0. The van der Waals surface area contributed by atoms with Gasteiger partial charge in [-0.05, 0) is 48.2 Å². The van der Waals surface area contributed by atoms with Crippen LogP contribution in [0.3, 0.4) is 0 Å². The van der Waals surface area contributed by atoms with Gasteiger partial charge in [0.1, 0.15) is 0 Å². The van der Waals surface area contributed by atoms with E-state index in [4.69, 9.17) is 0 Å². The minimum Gasteiger partial charge on any atom is -0.356 e. The Morgan fingerprint density at radius 2 is 1.69 bits per heavy atom. The molecule has 6 heteroatoms. The molecule has 35 heavy (non-hydrogen) atoms. The number of hydrogen-bond acceptors (Lipinski definition) is 2. The van der Waals surface area contributed by atoms with Gasteiger partial charge in [-0.15, -0.1) is 0 Å². The molecule has 1 N–H and O–H groups in total. The minimum atomic E-state index is -1.06. The third-order valence-electron chi connectivity index (χ3n) is 7.60. The van der Waals surface area contributed by atoms with Gasteiger partial charge in [-0.1, -0.05) is 76.6 Å². The van der Waals surface area contributed by atoms with Crippen LogP contribution >= 0.6 is 15.9 Å². The van der Waals surface area contributed by atoms with Crippen LogP contribution < -0.4 is 0 Å². The van der Waals surface area contributed by atoms with Crippen LogP contribution in [0.5, 0.6) is 0 Å². The van der Waals surface area contributed by atoms with E-state index in [2.05, 4.69) is 51.2 Å². The molecule has 2 atom stereocenters. The first kappa shape index (κ1) is 22.1. The predicted molar refractivity (Wildman–Crippen MR) is 140 cm³/mol. The van der Waals surface area contributed by atoms with Crippen LogP contribution in [-0.2, 0) is 21.5 Å². The summed E-state index contributed by atoms with van der Waals surface area (Å²) in [6.45, 7) is 3.02. The van der Waals surface area contributed by atoms with Gasteiger partial charge >= 0.3 is 0 Å². The van der Waals surface area contributed by atoms with Gasteiger partial charge < -0.3 is 14.8 Å². The molecule has 6 rings (SSSR count). The highest BCUT2D eigenvalue weighted by molar-refractivity contribution is 9.10. The van der Waals surface area contributed by atoms with Gasteiger partial charge in [0.25, 0.3) is 5.91 Å². The van der Waals surface area contributed by atoms with E-state index in [1.54, 1.807) is 9.80 Å². The number of hydrogen-bond donors (Lipinski definition) is 1. The van der Waals surface area contributed by atoms with Crippen molar-refractivity contribution in [3.8, 4) is 0 Å². The van der Waals surface area contributed by atoms with Crippen LogP contribution in [0.25, 0.3) is 10.9 Å². The largest absolute Gasteiger partial charge is 0.356 e. The standard InChI is InChI=1S/C29H26BrN3O2/c1-29-27-26(22-9-5-6-10-24(22)31-27)23(20-11-13-21(30)14-12-20)17-33(29)25(34)18-32(28(29)35)16-15-19-7-3-2-4-8-19/h2-14,23,31H,15-18H2,1H3/t23?,29-/m0/s1. The monoisotopic (exact) mass is 527 g/mol. The van der Waals surface area contributed by atoms with Gasteiger partial charge in [0.15, 0.2) is 5.54 Å². The predicted octanol–water partition coefficient (Wildman–Crippen LogP) is 5.20. The Morgan fingerprint density at radius 3 is 2.46 bits per heavy atom. The topological polar surface area (TPSA) is 56.4 Å². The number of fused-ring (bicyclic) bond motifs is 5. The average Bonchev–Trinajstić information content (AvgIpc) is 3.28. The molecule has 3 heterocycles. The summed E-state index contributed by atoms with van der Waals surface area (Å²) in [5, 5.41) is 1.11. The number of aromatic amines is 1. The average molecular weight is 528 g/mol. The Balaban J connectivity index is 1.45. The van der Waals surface area contributed by atoms with Crippen molar-refractivity contribution in [3.63, 3.8) is 0 Å². The van der Waals surface area contributed by atoms with Crippen molar-refractivity contribution in [1.29, 1.82) is 0 Å². The van der Waals surface area contributed by atoms with Crippen LogP contribution in [0.15, 0.2) is 83.3 Å². The van der Waals surface area contributed by atoms with E-state index in [0.717, 1.165) is 44.2 Å². The molecule has 0 spiro atoms. The number of carbonyl (C=O) groups excluding carboxylic acids is 2. The normalized spacial score (nSPS) is 21.8. The smallest absolute Gasteiger partial charge is 0.254 e. The maximum atomic E-state index is 14.1. The number of H-pyrrole nitrogens is 1. The maximum Gasteiger partial charge on any atom is 0.254 e. The molecule has 2 aliphatic rings. The summed E-state index contributed by atoms with van der Waals surface area (Å²) in [4.78, 5) is 34.8. The van der Waals surface area contributed by atoms with Crippen LogP contribution in [0.2, 0.25) is 0 Å². The zero-order chi connectivity index (χ0) is 24.2. The molecular formula is C29H26BrN3O2. The number of rotatable bonds is 4. The summed E-state index contributed by atoms with van der Waals surface area (Å²) in [7, 11) is 0. The number of para-hydroxylation sites is 1. The van der Waals surface area contributed by atoms with Crippen LogP contribution in [0.4, 0.5) is 0 Å². The fourth-order valence-corrected chi connectivity index (χ4v) is 6.02. The van der Waals surface area contributed by atoms with Crippen molar-refractivity contribution in [2.24, 2.45) is 0 Å². The van der Waals surface area contributed by atoms with Crippen LogP contribution in [-0.4, -0.2) is 46.2 Å². The van der Waals surface area contributed by atoms with Crippen LogP contribution in [0, 0.1) is 0 Å². The first-order valence-corrected chi connectivity index (χ1v) is 12.8. The second kappa shape index (κ2) is 8.38. The summed E-state index contributed by atoms with van der Waals surface area (Å²) in [6.07, 6.45) is 0.719. The van der Waals surface area contributed by atoms with Crippen molar-refractivity contribution in [2.45, 2.75) is 24.8 Å². The molecule has 5 nitrogen and oxygen atoms in total. The number of nitrogens with zero attached hydrogens (tertiary/aromatic N) is 2. The lowest BCUT2D eigenvalue weighted by Crippen LogP contribution is -2.67. The maximum absolute atomic E-state index is 14.1. The molecule has 0 bridgehead atoms. The first-order chi connectivity index (χ1) is 17.0. The van der Waals surface area contributed by atoms with E-state index >= 15 is 0 Å². The van der Waals surface area contributed by atoms with Gasteiger partial charge in [-0.25, -0.2) is 0 Å². The number of piperazine rings is 1. The van der Waals surface area contributed by atoms with E-state index in [1.807, 2.05) is 55.5 Å². The Kier molecular flexibility index (Phi) is 5.29. The van der Waals surface area contributed by atoms with Gasteiger partial charge in [-0.2, -0.15) is 0 Å². The second-order valence-corrected chi connectivity index (χ2v) is 10.5. The number of carbonyl (C=O) groups is 2. The fourth-order valence-electron chi connectivity index (χ4n) is 5.76. The summed E-state index contributed by atoms with van der Waals surface area (Å²) >= 11 is 3.53. The van der Waals surface area contributed by atoms with Gasteiger partial charge in [0.05, 0.1) is 12.2 Å². The molecule has 0 saturated carbocycles. The molecule has 1 aromatic heterocycles. The lowest BCUT2D eigenvalue weighted by Gasteiger charge is -2.51. The number of nitrogens with one attached hydrogen (secondary N) is 1. The van der Waals surface area contributed by atoms with Gasteiger partial charge in [0, 0.05) is 34.4 Å². The van der Waals surface area contributed by atoms with E-state index in [-0.39, 0.29) is 24.3 Å². The fraction of sp³-hybridized carbons (Fsp3) is 0.241. The second-order valence-electron chi connectivity index (χ2n) is 9.60.